The summed E-state index contributed by atoms with van der Waals surface area (Å²) in [6, 6.07) is 11.5. The molecule has 33 heavy (non-hydrogen) atoms. The molecule has 1 aliphatic rings. The molecule has 1 amide bonds. The number of hydrogen-bond acceptors (Lipinski definition) is 7. The van der Waals surface area contributed by atoms with E-state index in [-0.39, 0.29) is 11.8 Å². The Bertz CT molecular complexity index is 1150. The molecule has 2 aromatic carbocycles. The van der Waals surface area contributed by atoms with E-state index in [0.29, 0.717) is 30.5 Å². The van der Waals surface area contributed by atoms with Crippen LogP contribution in [0.15, 0.2) is 36.4 Å². The molecule has 2 heterocycles. The van der Waals surface area contributed by atoms with Crippen molar-refractivity contribution in [1.82, 2.24) is 15.3 Å². The van der Waals surface area contributed by atoms with Crippen LogP contribution < -0.4 is 24.4 Å². The van der Waals surface area contributed by atoms with Crippen molar-refractivity contribution < 1.29 is 19.0 Å². The normalized spacial score (nSPS) is 15.9. The first-order chi connectivity index (χ1) is 16.0. The number of hydrogen-bond donors (Lipinski definition) is 1. The Morgan fingerprint density at radius 1 is 1.12 bits per heavy atom. The fraction of sp³-hybridized carbons (Fsp3) is 0.400. The molecular weight excluding hydrogens is 420 g/mol. The number of para-hydroxylation sites is 1. The van der Waals surface area contributed by atoms with Gasteiger partial charge in [0.25, 0.3) is 0 Å². The standard InChI is InChI=1S/C25H30N4O4/c1-16-20-11-10-19(31-2)13-21(20)28-25(27-16)29-12-6-8-18(15-29)24(30)26-14-17-7-5-9-22(32-3)23(17)33-4/h5,7,9-11,13,18H,6,8,12,14-15H2,1-4H3,(H,26,30)/t18-/m1/s1. The van der Waals surface area contributed by atoms with Crippen LogP contribution in [0.1, 0.15) is 24.1 Å². The van der Waals surface area contributed by atoms with Crippen molar-refractivity contribution in [2.45, 2.75) is 26.3 Å². The second kappa shape index (κ2) is 9.94. The molecule has 1 atom stereocenters. The highest BCUT2D eigenvalue weighted by atomic mass is 16.5. The van der Waals surface area contributed by atoms with Gasteiger partial charge >= 0.3 is 0 Å². The zero-order valence-electron chi connectivity index (χ0n) is 19.6. The lowest BCUT2D eigenvalue weighted by molar-refractivity contribution is -0.125. The third-order valence-electron chi connectivity index (χ3n) is 6.10. The van der Waals surface area contributed by atoms with Gasteiger partial charge < -0.3 is 24.4 Å². The van der Waals surface area contributed by atoms with Crippen LogP contribution in [0, 0.1) is 12.8 Å². The number of fused-ring (bicyclic) bond motifs is 1. The molecule has 0 aliphatic carbocycles. The number of anilines is 1. The second-order valence-electron chi connectivity index (χ2n) is 8.15. The Balaban J connectivity index is 1.47. The van der Waals surface area contributed by atoms with Crippen molar-refractivity contribution in [3.8, 4) is 17.2 Å². The van der Waals surface area contributed by atoms with Gasteiger partial charge in [0, 0.05) is 36.7 Å². The number of methoxy groups -OCH3 is 3. The first-order valence-electron chi connectivity index (χ1n) is 11.1. The van der Waals surface area contributed by atoms with Crippen molar-refractivity contribution in [2.24, 2.45) is 5.92 Å². The summed E-state index contributed by atoms with van der Waals surface area (Å²) >= 11 is 0. The summed E-state index contributed by atoms with van der Waals surface area (Å²) in [4.78, 5) is 24.6. The quantitative estimate of drug-likeness (QED) is 0.590. The highest BCUT2D eigenvalue weighted by Gasteiger charge is 2.27. The van der Waals surface area contributed by atoms with E-state index in [0.717, 1.165) is 47.3 Å². The summed E-state index contributed by atoms with van der Waals surface area (Å²) in [5, 5.41) is 4.06. The van der Waals surface area contributed by atoms with E-state index in [4.69, 9.17) is 24.2 Å². The highest BCUT2D eigenvalue weighted by molar-refractivity contribution is 5.83. The molecule has 8 nitrogen and oxygen atoms in total. The molecule has 0 unspecified atom stereocenters. The Morgan fingerprint density at radius 2 is 1.97 bits per heavy atom. The minimum atomic E-state index is -0.139. The predicted octanol–water partition coefficient (Wildman–Crippen LogP) is 3.50. The fourth-order valence-electron chi connectivity index (χ4n) is 4.31. The number of ether oxygens (including phenoxy) is 3. The van der Waals surface area contributed by atoms with Crippen molar-refractivity contribution in [2.75, 3.05) is 39.3 Å². The molecule has 1 saturated heterocycles. The first-order valence-corrected chi connectivity index (χ1v) is 11.1. The molecule has 1 N–H and O–H groups in total. The van der Waals surface area contributed by atoms with E-state index >= 15 is 0 Å². The number of nitrogens with one attached hydrogen (secondary N) is 1. The van der Waals surface area contributed by atoms with Crippen LogP contribution in [0.25, 0.3) is 10.9 Å². The minimum absolute atomic E-state index is 0.0174. The number of aromatic nitrogens is 2. The Kier molecular flexibility index (Phi) is 6.82. The van der Waals surface area contributed by atoms with Crippen molar-refractivity contribution >= 4 is 22.8 Å². The van der Waals surface area contributed by atoms with Gasteiger partial charge in [0.05, 0.1) is 38.5 Å². The molecule has 1 aliphatic heterocycles. The van der Waals surface area contributed by atoms with Crippen molar-refractivity contribution in [3.63, 3.8) is 0 Å². The molecule has 0 radical (unpaired) electrons. The molecule has 4 rings (SSSR count). The van der Waals surface area contributed by atoms with Crippen LogP contribution in [-0.4, -0.2) is 50.3 Å². The number of nitrogens with zero attached hydrogens (tertiary/aromatic N) is 3. The number of carbonyl (C=O) groups is 1. The molecule has 1 fully saturated rings. The molecule has 0 bridgehead atoms. The molecule has 174 valence electrons. The zero-order chi connectivity index (χ0) is 23.4. The number of carbonyl (C=O) groups excluding carboxylic acids is 1. The third kappa shape index (κ3) is 4.79. The van der Waals surface area contributed by atoms with Gasteiger partial charge in [-0.1, -0.05) is 12.1 Å². The minimum Gasteiger partial charge on any atom is -0.497 e. The van der Waals surface area contributed by atoms with Gasteiger partial charge in [-0.15, -0.1) is 0 Å². The van der Waals surface area contributed by atoms with Crippen molar-refractivity contribution in [3.05, 3.63) is 47.7 Å². The van der Waals surface area contributed by atoms with Gasteiger partial charge in [-0.05, 0) is 38.0 Å². The summed E-state index contributed by atoms with van der Waals surface area (Å²) in [5.74, 6) is 2.58. The molecule has 0 saturated carbocycles. The van der Waals surface area contributed by atoms with Gasteiger partial charge in [0.1, 0.15) is 5.75 Å². The summed E-state index contributed by atoms with van der Waals surface area (Å²) in [6.07, 6.45) is 1.73. The number of benzene rings is 2. The average Bonchev–Trinajstić information content (AvgIpc) is 2.86. The molecule has 1 aromatic heterocycles. The van der Waals surface area contributed by atoms with Crippen LogP contribution in [0.3, 0.4) is 0 Å². The van der Waals surface area contributed by atoms with Crippen LogP contribution in [0.5, 0.6) is 17.2 Å². The number of piperidine rings is 1. The van der Waals surface area contributed by atoms with E-state index in [1.807, 2.05) is 43.3 Å². The average molecular weight is 451 g/mol. The topological polar surface area (TPSA) is 85.8 Å². The predicted molar refractivity (Wildman–Crippen MR) is 127 cm³/mol. The van der Waals surface area contributed by atoms with Gasteiger partial charge in [0.15, 0.2) is 11.5 Å². The van der Waals surface area contributed by atoms with E-state index in [1.165, 1.54) is 0 Å². The molecule has 8 heteroatoms. The Labute approximate surface area is 193 Å². The van der Waals surface area contributed by atoms with E-state index in [1.54, 1.807) is 21.3 Å². The van der Waals surface area contributed by atoms with Gasteiger partial charge in [0.2, 0.25) is 11.9 Å². The maximum atomic E-state index is 13.0. The van der Waals surface area contributed by atoms with Crippen LogP contribution in [0.2, 0.25) is 0 Å². The molecule has 3 aromatic rings. The maximum absolute atomic E-state index is 13.0. The zero-order valence-corrected chi connectivity index (χ0v) is 19.6. The largest absolute Gasteiger partial charge is 0.497 e. The monoisotopic (exact) mass is 450 g/mol. The van der Waals surface area contributed by atoms with Crippen LogP contribution in [-0.2, 0) is 11.3 Å². The van der Waals surface area contributed by atoms with E-state index < -0.39 is 0 Å². The van der Waals surface area contributed by atoms with Gasteiger partial charge in [-0.25, -0.2) is 9.97 Å². The molecule has 0 spiro atoms. The lowest BCUT2D eigenvalue weighted by atomic mass is 9.97. The molecular formula is C25H30N4O4. The smallest absolute Gasteiger partial charge is 0.226 e. The summed E-state index contributed by atoms with van der Waals surface area (Å²) < 4.78 is 16.2. The third-order valence-corrected chi connectivity index (χ3v) is 6.10. The summed E-state index contributed by atoms with van der Waals surface area (Å²) in [7, 11) is 4.85. The lowest BCUT2D eigenvalue weighted by Gasteiger charge is -2.32. The Hall–Kier alpha value is -3.55. The summed E-state index contributed by atoms with van der Waals surface area (Å²) in [5.41, 5.74) is 2.63. The van der Waals surface area contributed by atoms with Crippen LogP contribution >= 0.6 is 0 Å². The number of rotatable bonds is 7. The SMILES string of the molecule is COc1ccc2c(C)nc(N3CCC[C@@H](C(=O)NCc4cccc(OC)c4OC)C3)nc2c1. The number of amides is 1. The highest BCUT2D eigenvalue weighted by Crippen LogP contribution is 2.31. The summed E-state index contributed by atoms with van der Waals surface area (Å²) in [6.45, 7) is 3.76. The lowest BCUT2D eigenvalue weighted by Crippen LogP contribution is -2.43. The second-order valence-corrected chi connectivity index (χ2v) is 8.15. The van der Waals surface area contributed by atoms with Crippen molar-refractivity contribution in [1.29, 1.82) is 0 Å². The maximum Gasteiger partial charge on any atom is 0.226 e. The first kappa shape index (κ1) is 22.6. The van der Waals surface area contributed by atoms with Gasteiger partial charge in [-0.2, -0.15) is 0 Å². The number of aryl methyl sites for hydroxylation is 1. The van der Waals surface area contributed by atoms with E-state index in [9.17, 15) is 4.79 Å². The van der Waals surface area contributed by atoms with E-state index in [2.05, 4.69) is 10.2 Å². The van der Waals surface area contributed by atoms with Gasteiger partial charge in [-0.3, -0.25) is 4.79 Å². The Morgan fingerprint density at radius 3 is 2.73 bits per heavy atom. The van der Waals surface area contributed by atoms with Crippen LogP contribution in [0.4, 0.5) is 5.95 Å². The fourth-order valence-corrected chi connectivity index (χ4v) is 4.31.